The molecule has 1 aliphatic heterocycles. The summed E-state index contributed by atoms with van der Waals surface area (Å²) >= 11 is 3.36. The number of hydrogen-bond donors (Lipinski definition) is 1. The molecule has 0 aliphatic carbocycles. The largest absolute Gasteiger partial charge is 0.318 e. The van der Waals surface area contributed by atoms with Crippen molar-refractivity contribution in [2.45, 2.75) is 30.7 Å². The third kappa shape index (κ3) is 3.74. The molecular formula is C13H20BrClN2O2S. The van der Waals surface area contributed by atoms with Crippen LogP contribution in [0.1, 0.15) is 18.4 Å². The average molecular weight is 384 g/mol. The van der Waals surface area contributed by atoms with Crippen molar-refractivity contribution < 1.29 is 8.42 Å². The van der Waals surface area contributed by atoms with Crippen molar-refractivity contribution >= 4 is 38.4 Å². The van der Waals surface area contributed by atoms with E-state index < -0.39 is 10.0 Å². The molecule has 7 heteroatoms. The monoisotopic (exact) mass is 382 g/mol. The fourth-order valence-electron chi connectivity index (χ4n) is 2.55. The van der Waals surface area contributed by atoms with Crippen molar-refractivity contribution in [2.75, 3.05) is 20.1 Å². The van der Waals surface area contributed by atoms with E-state index in [1.807, 2.05) is 20.0 Å². The number of nitrogens with one attached hydrogen (secondary N) is 1. The number of hydrogen-bond acceptors (Lipinski definition) is 3. The number of halogens is 2. The van der Waals surface area contributed by atoms with Crippen LogP contribution in [0.4, 0.5) is 0 Å². The molecule has 0 radical (unpaired) electrons. The molecule has 1 saturated heterocycles. The summed E-state index contributed by atoms with van der Waals surface area (Å²) in [5.74, 6) is 0. The van der Waals surface area contributed by atoms with Gasteiger partial charge in [-0.2, -0.15) is 4.31 Å². The first-order valence-electron chi connectivity index (χ1n) is 6.39. The minimum absolute atomic E-state index is 0. The summed E-state index contributed by atoms with van der Waals surface area (Å²) in [6, 6.07) is 5.38. The molecule has 1 fully saturated rings. The van der Waals surface area contributed by atoms with E-state index in [4.69, 9.17) is 0 Å². The van der Waals surface area contributed by atoms with E-state index in [1.165, 1.54) is 0 Å². The molecule has 1 aromatic rings. The zero-order valence-electron chi connectivity index (χ0n) is 11.6. The van der Waals surface area contributed by atoms with Gasteiger partial charge >= 0.3 is 0 Å². The Morgan fingerprint density at radius 1 is 1.40 bits per heavy atom. The van der Waals surface area contributed by atoms with Crippen LogP contribution < -0.4 is 5.32 Å². The van der Waals surface area contributed by atoms with E-state index >= 15 is 0 Å². The highest BCUT2D eigenvalue weighted by Crippen LogP contribution is 2.28. The van der Waals surface area contributed by atoms with Crippen LogP contribution >= 0.6 is 28.3 Å². The molecule has 2 rings (SSSR count). The molecule has 1 atom stereocenters. The first-order valence-corrected chi connectivity index (χ1v) is 8.62. The minimum atomic E-state index is -3.39. The zero-order valence-corrected chi connectivity index (χ0v) is 14.8. The molecule has 4 nitrogen and oxygen atoms in total. The summed E-state index contributed by atoms with van der Waals surface area (Å²) in [5.41, 5.74) is 0.942. The van der Waals surface area contributed by atoms with E-state index in [0.717, 1.165) is 22.9 Å². The quantitative estimate of drug-likeness (QED) is 0.869. The average Bonchev–Trinajstić information content (AvgIpc) is 2.77. The lowest BCUT2D eigenvalue weighted by molar-refractivity contribution is 0.379. The Bertz CT molecular complexity index is 545. The number of likely N-dealkylation sites (N-methyl/N-ethyl adjacent to an activating group) is 1. The van der Waals surface area contributed by atoms with Crippen molar-refractivity contribution in [3.63, 3.8) is 0 Å². The Morgan fingerprint density at radius 2 is 2.10 bits per heavy atom. The molecule has 20 heavy (non-hydrogen) atoms. The van der Waals surface area contributed by atoms with Gasteiger partial charge in [-0.05, 0) is 50.6 Å². The second-order valence-corrected chi connectivity index (χ2v) is 7.74. The third-order valence-corrected chi connectivity index (χ3v) is 5.77. The highest BCUT2D eigenvalue weighted by atomic mass is 79.9. The predicted octanol–water partition coefficient (Wildman–Crippen LogP) is 2.55. The van der Waals surface area contributed by atoms with Gasteiger partial charge in [0.05, 0.1) is 4.90 Å². The molecule has 0 bridgehead atoms. The topological polar surface area (TPSA) is 49.4 Å². The first kappa shape index (κ1) is 17.9. The normalized spacial score (nSPS) is 19.9. The second kappa shape index (κ2) is 7.22. The van der Waals surface area contributed by atoms with Crippen molar-refractivity contribution in [2.24, 2.45) is 0 Å². The van der Waals surface area contributed by atoms with Gasteiger partial charge in [-0.15, -0.1) is 12.4 Å². The van der Waals surface area contributed by atoms with Gasteiger partial charge in [-0.1, -0.05) is 15.9 Å². The predicted molar refractivity (Wildman–Crippen MR) is 87.0 cm³/mol. The third-order valence-electron chi connectivity index (χ3n) is 3.39. The van der Waals surface area contributed by atoms with E-state index in [-0.39, 0.29) is 18.4 Å². The second-order valence-electron chi connectivity index (χ2n) is 4.93. The molecule has 1 heterocycles. The van der Waals surface area contributed by atoms with E-state index in [1.54, 1.807) is 16.4 Å². The van der Waals surface area contributed by atoms with Gasteiger partial charge in [0.2, 0.25) is 10.0 Å². The number of rotatable bonds is 4. The first-order chi connectivity index (χ1) is 8.95. The van der Waals surface area contributed by atoms with Crippen LogP contribution in [0.25, 0.3) is 0 Å². The van der Waals surface area contributed by atoms with Crippen molar-refractivity contribution in [1.82, 2.24) is 9.62 Å². The Morgan fingerprint density at radius 3 is 2.70 bits per heavy atom. The van der Waals surface area contributed by atoms with Gasteiger partial charge < -0.3 is 5.32 Å². The minimum Gasteiger partial charge on any atom is -0.318 e. The maximum atomic E-state index is 12.7. The molecule has 1 aromatic carbocycles. The molecule has 1 aliphatic rings. The zero-order chi connectivity index (χ0) is 14.0. The number of aryl methyl sites for hydroxylation is 1. The van der Waals surface area contributed by atoms with Crippen molar-refractivity contribution in [1.29, 1.82) is 0 Å². The standard InChI is InChI=1S/C13H19BrN2O2S.ClH/c1-10-6-11(14)8-13(7-10)19(17,18)16-5-3-4-12(16)9-15-2;/h6-8,12,15H,3-5,9H2,1-2H3;1H. The molecule has 1 unspecified atom stereocenters. The molecule has 114 valence electrons. The molecule has 0 aromatic heterocycles. The van der Waals surface area contributed by atoms with Gasteiger partial charge in [0.25, 0.3) is 0 Å². The van der Waals surface area contributed by atoms with Crippen molar-refractivity contribution in [3.8, 4) is 0 Å². The summed E-state index contributed by atoms with van der Waals surface area (Å²) in [4.78, 5) is 0.377. The summed E-state index contributed by atoms with van der Waals surface area (Å²) in [6.07, 6.45) is 1.85. The Hall–Kier alpha value is -0.140. The maximum Gasteiger partial charge on any atom is 0.243 e. The number of benzene rings is 1. The highest BCUT2D eigenvalue weighted by molar-refractivity contribution is 9.10. The van der Waals surface area contributed by atoms with Gasteiger partial charge in [-0.3, -0.25) is 0 Å². The Labute approximate surface area is 135 Å². The molecule has 0 amide bonds. The lowest BCUT2D eigenvalue weighted by Gasteiger charge is -2.24. The summed E-state index contributed by atoms with van der Waals surface area (Å²) in [7, 11) is -1.54. The summed E-state index contributed by atoms with van der Waals surface area (Å²) < 4.78 is 27.8. The van der Waals surface area contributed by atoms with Crippen LogP contribution in [0.15, 0.2) is 27.6 Å². The van der Waals surface area contributed by atoms with Crippen molar-refractivity contribution in [3.05, 3.63) is 28.2 Å². The van der Waals surface area contributed by atoms with Crippen LogP contribution in [-0.4, -0.2) is 38.9 Å². The summed E-state index contributed by atoms with van der Waals surface area (Å²) in [5, 5.41) is 3.07. The van der Waals surface area contributed by atoms with Gasteiger partial charge in [0.1, 0.15) is 0 Å². The van der Waals surface area contributed by atoms with Gasteiger partial charge in [-0.25, -0.2) is 8.42 Å². The van der Waals surface area contributed by atoms with Gasteiger partial charge in [0.15, 0.2) is 0 Å². The molecule has 1 N–H and O–H groups in total. The number of sulfonamides is 1. The lowest BCUT2D eigenvalue weighted by Crippen LogP contribution is -2.40. The van der Waals surface area contributed by atoms with Crippen LogP contribution in [0, 0.1) is 6.92 Å². The fraction of sp³-hybridized carbons (Fsp3) is 0.538. The van der Waals surface area contributed by atoms with E-state index in [9.17, 15) is 8.42 Å². The molecule has 0 spiro atoms. The smallest absolute Gasteiger partial charge is 0.243 e. The van der Waals surface area contributed by atoms with E-state index in [2.05, 4.69) is 21.2 Å². The molecular weight excluding hydrogens is 364 g/mol. The Kier molecular flexibility index (Phi) is 6.47. The van der Waals surface area contributed by atoms with Crippen LogP contribution in [0.2, 0.25) is 0 Å². The maximum absolute atomic E-state index is 12.7. The number of nitrogens with zero attached hydrogens (tertiary/aromatic N) is 1. The molecule has 0 saturated carbocycles. The highest BCUT2D eigenvalue weighted by Gasteiger charge is 2.34. The SMILES string of the molecule is CNCC1CCCN1S(=O)(=O)c1cc(C)cc(Br)c1.Cl. The van der Waals surface area contributed by atoms with Crippen LogP contribution in [0.5, 0.6) is 0 Å². The summed E-state index contributed by atoms with van der Waals surface area (Å²) in [6.45, 7) is 3.21. The van der Waals surface area contributed by atoms with Crippen LogP contribution in [0.3, 0.4) is 0 Å². The lowest BCUT2D eigenvalue weighted by atomic mass is 10.2. The Balaban J connectivity index is 0.00000200. The van der Waals surface area contributed by atoms with E-state index in [0.29, 0.717) is 18.0 Å². The fourth-order valence-corrected chi connectivity index (χ4v) is 5.14. The van der Waals surface area contributed by atoms with Crippen LogP contribution in [-0.2, 0) is 10.0 Å². The van der Waals surface area contributed by atoms with Gasteiger partial charge in [0, 0.05) is 23.6 Å².